The number of nitrogens with zero attached hydrogens (tertiary/aromatic N) is 5. The maximum atomic E-state index is 12.9. The number of hydrogen-bond acceptors (Lipinski definition) is 6. The summed E-state index contributed by atoms with van der Waals surface area (Å²) in [6.45, 7) is 0. The SMILES string of the molecule is O=c1ccc2cccc3nc(-c4ccc(-c5ccc6oc7cccc(-c8nc(-c9ccccc9)nc(-c9ccccc9)n8)c7c6c5)cc4)n1c23. The van der Waals surface area contributed by atoms with Crippen molar-refractivity contribution in [3.63, 3.8) is 0 Å². The Kier molecular flexibility index (Phi) is 6.19. The normalized spacial score (nSPS) is 11.7. The number of pyridine rings is 1. The molecule has 4 aromatic heterocycles. The Morgan fingerprint density at radius 3 is 1.88 bits per heavy atom. The summed E-state index contributed by atoms with van der Waals surface area (Å²) in [6, 6.07) is 49.7. The number of hydrogen-bond donors (Lipinski definition) is 0. The first-order chi connectivity index (χ1) is 24.7. The van der Waals surface area contributed by atoms with E-state index in [9.17, 15) is 4.79 Å². The zero-order valence-corrected chi connectivity index (χ0v) is 26.5. The topological polar surface area (TPSA) is 86.2 Å². The minimum absolute atomic E-state index is 0.0941. The second-order valence-corrected chi connectivity index (χ2v) is 12.3. The predicted molar refractivity (Wildman–Crippen MR) is 198 cm³/mol. The molecule has 50 heavy (non-hydrogen) atoms. The summed E-state index contributed by atoms with van der Waals surface area (Å²) in [4.78, 5) is 32.7. The van der Waals surface area contributed by atoms with Crippen molar-refractivity contribution in [2.75, 3.05) is 0 Å². The van der Waals surface area contributed by atoms with Crippen molar-refractivity contribution in [3.8, 4) is 56.7 Å². The van der Waals surface area contributed by atoms with E-state index in [1.165, 1.54) is 0 Å². The predicted octanol–water partition coefficient (Wildman–Crippen LogP) is 9.70. The lowest BCUT2D eigenvalue weighted by atomic mass is 9.99. The molecule has 0 radical (unpaired) electrons. The van der Waals surface area contributed by atoms with Crippen LogP contribution in [-0.2, 0) is 0 Å². The van der Waals surface area contributed by atoms with Crippen LogP contribution in [0.4, 0.5) is 0 Å². The Balaban J connectivity index is 1.10. The molecule has 0 aliphatic rings. The van der Waals surface area contributed by atoms with E-state index in [-0.39, 0.29) is 5.56 Å². The highest BCUT2D eigenvalue weighted by Crippen LogP contribution is 2.39. The van der Waals surface area contributed by atoms with Crippen molar-refractivity contribution in [1.82, 2.24) is 24.3 Å². The van der Waals surface area contributed by atoms with Gasteiger partial charge in [0.15, 0.2) is 17.5 Å². The number of furan rings is 1. The lowest BCUT2D eigenvalue weighted by molar-refractivity contribution is 0.669. The monoisotopic (exact) mass is 643 g/mol. The first kappa shape index (κ1) is 28.1. The molecule has 0 N–H and O–H groups in total. The van der Waals surface area contributed by atoms with Gasteiger partial charge in [-0.2, -0.15) is 0 Å². The van der Waals surface area contributed by atoms with E-state index in [2.05, 4.69) is 24.3 Å². The second-order valence-electron chi connectivity index (χ2n) is 12.3. The molecule has 0 aliphatic heterocycles. The molecule has 10 aromatic rings. The first-order valence-electron chi connectivity index (χ1n) is 16.4. The molecule has 0 fully saturated rings. The van der Waals surface area contributed by atoms with E-state index in [1.54, 1.807) is 10.5 Å². The molecule has 234 valence electrons. The van der Waals surface area contributed by atoms with Crippen LogP contribution in [0.3, 0.4) is 0 Å². The Labute approximate surface area is 285 Å². The fraction of sp³-hybridized carbons (Fsp3) is 0. The Morgan fingerprint density at radius 1 is 0.480 bits per heavy atom. The Hall–Kier alpha value is -6.99. The maximum absolute atomic E-state index is 12.9. The molecular weight excluding hydrogens is 619 g/mol. The van der Waals surface area contributed by atoms with Crippen LogP contribution in [0.15, 0.2) is 161 Å². The quantitative estimate of drug-likeness (QED) is 0.186. The lowest BCUT2D eigenvalue weighted by Crippen LogP contribution is -2.11. The summed E-state index contributed by atoms with van der Waals surface area (Å²) in [5, 5.41) is 2.90. The fourth-order valence-electron chi connectivity index (χ4n) is 6.86. The molecule has 0 aliphatic carbocycles. The van der Waals surface area contributed by atoms with E-state index >= 15 is 0 Å². The number of imidazole rings is 1. The van der Waals surface area contributed by atoms with Crippen LogP contribution in [0.25, 0.3) is 95.0 Å². The zero-order chi connectivity index (χ0) is 33.2. The molecule has 4 heterocycles. The lowest BCUT2D eigenvalue weighted by Gasteiger charge is -2.09. The minimum Gasteiger partial charge on any atom is -0.456 e. The van der Waals surface area contributed by atoms with Crippen LogP contribution in [0, 0.1) is 0 Å². The molecule has 10 rings (SSSR count). The second kappa shape index (κ2) is 11.0. The van der Waals surface area contributed by atoms with Gasteiger partial charge in [0, 0.05) is 44.5 Å². The number of benzene rings is 6. The molecule has 0 saturated heterocycles. The summed E-state index contributed by atoms with van der Waals surface area (Å²) in [6.07, 6.45) is 0. The van der Waals surface area contributed by atoms with Crippen LogP contribution in [-0.4, -0.2) is 24.3 Å². The van der Waals surface area contributed by atoms with Gasteiger partial charge in [-0.05, 0) is 41.5 Å². The molecule has 0 saturated carbocycles. The summed E-state index contributed by atoms with van der Waals surface area (Å²) in [5.74, 6) is 2.42. The first-order valence-corrected chi connectivity index (χ1v) is 16.4. The smallest absolute Gasteiger partial charge is 0.256 e. The van der Waals surface area contributed by atoms with Crippen molar-refractivity contribution in [2.24, 2.45) is 0 Å². The molecule has 6 aromatic carbocycles. The van der Waals surface area contributed by atoms with Crippen LogP contribution in [0.1, 0.15) is 0 Å². The van der Waals surface area contributed by atoms with Gasteiger partial charge in [0.2, 0.25) is 0 Å². The highest BCUT2D eigenvalue weighted by Gasteiger charge is 2.19. The molecule has 0 bridgehead atoms. The van der Waals surface area contributed by atoms with E-state index in [4.69, 9.17) is 24.4 Å². The summed E-state index contributed by atoms with van der Waals surface area (Å²) >= 11 is 0. The highest BCUT2D eigenvalue weighted by molar-refractivity contribution is 6.12. The molecule has 0 atom stereocenters. The average Bonchev–Trinajstić information content (AvgIpc) is 3.77. The maximum Gasteiger partial charge on any atom is 0.256 e. The molecule has 7 nitrogen and oxygen atoms in total. The summed E-state index contributed by atoms with van der Waals surface area (Å²) in [7, 11) is 0. The average molecular weight is 644 g/mol. The van der Waals surface area contributed by atoms with Gasteiger partial charge >= 0.3 is 0 Å². The van der Waals surface area contributed by atoms with Gasteiger partial charge in [-0.25, -0.2) is 19.9 Å². The van der Waals surface area contributed by atoms with Gasteiger partial charge in [0.05, 0.1) is 11.0 Å². The largest absolute Gasteiger partial charge is 0.456 e. The van der Waals surface area contributed by atoms with Crippen molar-refractivity contribution >= 4 is 38.4 Å². The van der Waals surface area contributed by atoms with Crippen LogP contribution >= 0.6 is 0 Å². The van der Waals surface area contributed by atoms with Gasteiger partial charge in [0.1, 0.15) is 17.0 Å². The van der Waals surface area contributed by atoms with Crippen molar-refractivity contribution in [3.05, 3.63) is 162 Å². The Bertz CT molecular complexity index is 2880. The van der Waals surface area contributed by atoms with Crippen molar-refractivity contribution in [2.45, 2.75) is 0 Å². The fourth-order valence-corrected chi connectivity index (χ4v) is 6.86. The zero-order valence-electron chi connectivity index (χ0n) is 26.5. The molecule has 7 heteroatoms. The van der Waals surface area contributed by atoms with Gasteiger partial charge in [-0.3, -0.25) is 9.20 Å². The molecule has 0 spiro atoms. The van der Waals surface area contributed by atoms with Gasteiger partial charge in [0.25, 0.3) is 5.56 Å². The standard InChI is InChI=1S/C43H25N5O2/c49-37-24-22-27-13-7-15-34-39(27)48(37)43(44-34)30-19-17-26(18-20-30)31-21-23-35-33(25-31)38-32(14-8-16-36(38)50-35)42-46-40(28-9-3-1-4-10-28)45-41(47-42)29-11-5-2-6-12-29/h1-25H. The van der Waals surface area contributed by atoms with Gasteiger partial charge in [-0.15, -0.1) is 0 Å². The Morgan fingerprint density at radius 2 is 1.14 bits per heavy atom. The third-order valence-electron chi connectivity index (χ3n) is 9.25. The molecule has 0 unspecified atom stereocenters. The minimum atomic E-state index is -0.0941. The molecular formula is C43H25N5O2. The van der Waals surface area contributed by atoms with Crippen LogP contribution in [0.5, 0.6) is 0 Å². The third kappa shape index (κ3) is 4.48. The van der Waals surface area contributed by atoms with Crippen LogP contribution in [0.2, 0.25) is 0 Å². The van der Waals surface area contributed by atoms with E-state index in [0.717, 1.165) is 71.7 Å². The number of rotatable bonds is 5. The van der Waals surface area contributed by atoms with Gasteiger partial charge < -0.3 is 4.42 Å². The number of para-hydroxylation sites is 1. The van der Waals surface area contributed by atoms with E-state index < -0.39 is 0 Å². The number of aromatic nitrogens is 5. The third-order valence-corrected chi connectivity index (χ3v) is 9.25. The molecule has 0 amide bonds. The van der Waals surface area contributed by atoms with E-state index in [1.807, 2.05) is 121 Å². The highest BCUT2D eigenvalue weighted by atomic mass is 16.3. The van der Waals surface area contributed by atoms with Crippen molar-refractivity contribution in [1.29, 1.82) is 0 Å². The van der Waals surface area contributed by atoms with E-state index in [0.29, 0.717) is 23.3 Å². The summed E-state index contributed by atoms with van der Waals surface area (Å²) < 4.78 is 8.08. The van der Waals surface area contributed by atoms with Crippen molar-refractivity contribution < 1.29 is 4.42 Å². The van der Waals surface area contributed by atoms with Gasteiger partial charge in [-0.1, -0.05) is 115 Å². The number of fused-ring (bicyclic) bond motifs is 3. The van der Waals surface area contributed by atoms with Crippen LogP contribution < -0.4 is 5.56 Å². The summed E-state index contributed by atoms with van der Waals surface area (Å²) in [5.41, 5.74) is 8.71.